The zero-order valence-corrected chi connectivity index (χ0v) is 16.2. The number of benzene rings is 2. The number of anilines is 1. The lowest BCUT2D eigenvalue weighted by molar-refractivity contribution is 0.0932. The molecule has 3 rings (SSSR count). The number of hydrazine groups is 1. The van der Waals surface area contributed by atoms with Crippen LogP contribution in [0.1, 0.15) is 48.5 Å². The van der Waals surface area contributed by atoms with Crippen LogP contribution < -0.4 is 16.2 Å². The Hall–Kier alpha value is -2.99. The molecule has 3 aromatic rings. The summed E-state index contributed by atoms with van der Waals surface area (Å²) >= 11 is 0. The number of amides is 1. The highest BCUT2D eigenvalue weighted by Crippen LogP contribution is 2.19. The van der Waals surface area contributed by atoms with Gasteiger partial charge in [0.05, 0.1) is 5.56 Å². The summed E-state index contributed by atoms with van der Waals surface area (Å²) in [6, 6.07) is 14.5. The summed E-state index contributed by atoms with van der Waals surface area (Å²) in [5, 5.41) is 5.63. The fourth-order valence-electron chi connectivity index (χ4n) is 3.01. The number of unbranched alkanes of at least 4 members (excludes halogenated alkanes) is 3. The number of rotatable bonds is 10. The molecule has 1 heterocycles. The van der Waals surface area contributed by atoms with E-state index in [9.17, 15) is 4.79 Å². The summed E-state index contributed by atoms with van der Waals surface area (Å²) in [5.41, 5.74) is 7.24. The van der Waals surface area contributed by atoms with Gasteiger partial charge in [0.1, 0.15) is 0 Å². The molecule has 0 unspecified atom stereocenters. The number of hydrogen-bond acceptors (Lipinski definition) is 5. The quantitative estimate of drug-likeness (QED) is 0.367. The zero-order valence-electron chi connectivity index (χ0n) is 16.2. The molecule has 146 valence electrons. The van der Waals surface area contributed by atoms with Crippen LogP contribution in [0, 0.1) is 0 Å². The van der Waals surface area contributed by atoms with Gasteiger partial charge in [-0.2, -0.15) is 0 Å². The van der Waals surface area contributed by atoms with Crippen LogP contribution in [0.4, 0.5) is 5.95 Å². The molecule has 6 heteroatoms. The van der Waals surface area contributed by atoms with E-state index in [1.165, 1.54) is 48.0 Å². The van der Waals surface area contributed by atoms with Crippen LogP contribution in [0.2, 0.25) is 0 Å². The van der Waals surface area contributed by atoms with Gasteiger partial charge in [0.15, 0.2) is 0 Å². The van der Waals surface area contributed by atoms with Crippen LogP contribution in [-0.2, 0) is 6.54 Å². The third-order valence-electron chi connectivity index (χ3n) is 4.59. The van der Waals surface area contributed by atoms with Crippen molar-refractivity contribution in [1.82, 2.24) is 20.8 Å². The Bertz CT molecular complexity index is 890. The van der Waals surface area contributed by atoms with Gasteiger partial charge in [0.25, 0.3) is 5.91 Å². The number of carbonyl (C=O) groups excluding carboxylic acids is 1. The molecular weight excluding hydrogens is 350 g/mol. The van der Waals surface area contributed by atoms with Gasteiger partial charge in [-0.3, -0.25) is 10.2 Å². The van der Waals surface area contributed by atoms with Crippen molar-refractivity contribution >= 4 is 22.6 Å². The second-order valence-corrected chi connectivity index (χ2v) is 6.73. The first kappa shape index (κ1) is 19.8. The molecule has 0 radical (unpaired) electrons. The van der Waals surface area contributed by atoms with Crippen molar-refractivity contribution in [3.8, 4) is 0 Å². The second-order valence-electron chi connectivity index (χ2n) is 6.73. The highest BCUT2D eigenvalue weighted by atomic mass is 16.2. The number of hydrogen-bond donors (Lipinski definition) is 3. The first-order valence-electron chi connectivity index (χ1n) is 9.83. The van der Waals surface area contributed by atoms with Crippen LogP contribution in [0.3, 0.4) is 0 Å². The Morgan fingerprint density at radius 3 is 2.57 bits per heavy atom. The van der Waals surface area contributed by atoms with E-state index in [1.807, 2.05) is 18.2 Å². The lowest BCUT2D eigenvalue weighted by atomic mass is 10.0. The number of carbonyl (C=O) groups is 1. The van der Waals surface area contributed by atoms with E-state index in [-0.39, 0.29) is 5.91 Å². The van der Waals surface area contributed by atoms with Crippen LogP contribution in [0.15, 0.2) is 54.9 Å². The molecule has 0 spiro atoms. The van der Waals surface area contributed by atoms with E-state index in [0.717, 1.165) is 13.0 Å². The van der Waals surface area contributed by atoms with Crippen molar-refractivity contribution in [2.45, 2.75) is 39.2 Å². The minimum Gasteiger partial charge on any atom is -0.350 e. The number of nitrogens with one attached hydrogen (secondary N) is 3. The first-order chi connectivity index (χ1) is 13.8. The predicted molar refractivity (Wildman–Crippen MR) is 113 cm³/mol. The molecule has 1 aromatic heterocycles. The molecule has 0 aliphatic carbocycles. The van der Waals surface area contributed by atoms with Gasteiger partial charge in [-0.25, -0.2) is 15.4 Å². The van der Waals surface area contributed by atoms with E-state index < -0.39 is 0 Å². The van der Waals surface area contributed by atoms with Crippen molar-refractivity contribution in [3.05, 3.63) is 66.0 Å². The second kappa shape index (κ2) is 10.4. The fraction of sp³-hybridized carbons (Fsp3) is 0.318. The minimum absolute atomic E-state index is 0.226. The van der Waals surface area contributed by atoms with E-state index in [4.69, 9.17) is 0 Å². The summed E-state index contributed by atoms with van der Waals surface area (Å²) in [7, 11) is 0. The third-order valence-corrected chi connectivity index (χ3v) is 4.59. The van der Waals surface area contributed by atoms with Gasteiger partial charge in [0.2, 0.25) is 5.95 Å². The summed E-state index contributed by atoms with van der Waals surface area (Å²) in [4.78, 5) is 20.6. The molecule has 0 aliphatic heterocycles. The number of nitrogens with zero attached hydrogens (tertiary/aromatic N) is 2. The van der Waals surface area contributed by atoms with Crippen molar-refractivity contribution in [1.29, 1.82) is 0 Å². The van der Waals surface area contributed by atoms with Crippen molar-refractivity contribution in [2.75, 3.05) is 11.9 Å². The molecule has 1 amide bonds. The fourth-order valence-corrected chi connectivity index (χ4v) is 3.01. The highest BCUT2D eigenvalue weighted by Gasteiger charge is 2.07. The van der Waals surface area contributed by atoms with E-state index in [0.29, 0.717) is 18.1 Å². The largest absolute Gasteiger partial charge is 0.350 e. The van der Waals surface area contributed by atoms with E-state index in [1.54, 1.807) is 0 Å². The van der Waals surface area contributed by atoms with Crippen LogP contribution >= 0.6 is 0 Å². The molecule has 0 aliphatic rings. The van der Waals surface area contributed by atoms with Crippen molar-refractivity contribution in [3.63, 3.8) is 0 Å². The smallest absolute Gasteiger partial charge is 0.268 e. The van der Waals surface area contributed by atoms with E-state index in [2.05, 4.69) is 57.3 Å². The molecule has 0 saturated carbocycles. The highest BCUT2D eigenvalue weighted by molar-refractivity contribution is 5.93. The molecule has 28 heavy (non-hydrogen) atoms. The average molecular weight is 377 g/mol. The summed E-state index contributed by atoms with van der Waals surface area (Å²) in [6.45, 7) is 3.55. The molecule has 0 bridgehead atoms. The Morgan fingerprint density at radius 1 is 0.964 bits per heavy atom. The molecule has 0 fully saturated rings. The predicted octanol–water partition coefficient (Wildman–Crippen LogP) is 4.06. The Morgan fingerprint density at radius 2 is 1.75 bits per heavy atom. The SMILES string of the molecule is CCCCCCNNC(=O)c1cnc(NCc2cccc3ccccc23)nc1. The maximum absolute atomic E-state index is 12.1. The van der Waals surface area contributed by atoms with Crippen LogP contribution in [-0.4, -0.2) is 22.4 Å². The van der Waals surface area contributed by atoms with E-state index >= 15 is 0 Å². The molecule has 3 N–H and O–H groups in total. The topological polar surface area (TPSA) is 78.9 Å². The molecule has 6 nitrogen and oxygen atoms in total. The summed E-state index contributed by atoms with van der Waals surface area (Å²) in [5.74, 6) is 0.271. The van der Waals surface area contributed by atoms with Crippen LogP contribution in [0.5, 0.6) is 0 Å². The number of fused-ring (bicyclic) bond motifs is 1. The Labute approximate surface area is 165 Å². The van der Waals surface area contributed by atoms with Crippen molar-refractivity contribution in [2.24, 2.45) is 0 Å². The third kappa shape index (κ3) is 5.50. The first-order valence-corrected chi connectivity index (χ1v) is 9.83. The van der Waals surface area contributed by atoms with Crippen LogP contribution in [0.25, 0.3) is 10.8 Å². The van der Waals surface area contributed by atoms with Gasteiger partial charge >= 0.3 is 0 Å². The lowest BCUT2D eigenvalue weighted by Crippen LogP contribution is -2.38. The van der Waals surface area contributed by atoms with Gasteiger partial charge in [-0.05, 0) is 22.8 Å². The summed E-state index contributed by atoms with van der Waals surface area (Å²) in [6.07, 6.45) is 7.70. The molecule has 0 saturated heterocycles. The van der Waals surface area contributed by atoms with Gasteiger partial charge in [-0.1, -0.05) is 68.7 Å². The van der Waals surface area contributed by atoms with Crippen molar-refractivity contribution < 1.29 is 4.79 Å². The normalized spacial score (nSPS) is 10.8. The molecular formula is C22H27N5O. The Kier molecular flexibility index (Phi) is 7.32. The number of aromatic nitrogens is 2. The molecule has 0 atom stereocenters. The average Bonchev–Trinajstić information content (AvgIpc) is 2.75. The maximum atomic E-state index is 12.1. The van der Waals surface area contributed by atoms with Gasteiger partial charge in [0, 0.05) is 25.5 Å². The van der Waals surface area contributed by atoms with Gasteiger partial charge in [-0.15, -0.1) is 0 Å². The zero-order chi connectivity index (χ0) is 19.6. The summed E-state index contributed by atoms with van der Waals surface area (Å²) < 4.78 is 0. The maximum Gasteiger partial charge on any atom is 0.268 e. The Balaban J connectivity index is 1.49. The van der Waals surface area contributed by atoms with Gasteiger partial charge < -0.3 is 5.32 Å². The standard InChI is InChI=1S/C22H27N5O/c1-2-3-4-7-13-26-27-21(28)19-15-24-22(25-16-19)23-14-18-11-8-10-17-9-5-6-12-20(17)18/h5-6,8-12,15-16,26H,2-4,7,13-14H2,1H3,(H,27,28)(H,23,24,25). The monoisotopic (exact) mass is 377 g/mol. The lowest BCUT2D eigenvalue weighted by Gasteiger charge is -2.09. The minimum atomic E-state index is -0.226. The molecule has 2 aromatic carbocycles.